The molecule has 0 bridgehead atoms. The van der Waals surface area contributed by atoms with Crippen LogP contribution in [0, 0.1) is 0 Å². The zero-order valence-electron chi connectivity index (χ0n) is 9.19. The van der Waals surface area contributed by atoms with Gasteiger partial charge in [0.1, 0.15) is 4.21 Å². The van der Waals surface area contributed by atoms with Gasteiger partial charge in [-0.05, 0) is 47.3 Å². The molecular weight excluding hydrogens is 326 g/mol. The molecule has 1 aliphatic heterocycles. The Morgan fingerprint density at radius 1 is 1.53 bits per heavy atom. The fraction of sp³-hybridized carbons (Fsp3) is 0.600. The van der Waals surface area contributed by atoms with Crippen LogP contribution >= 0.6 is 27.3 Å². The van der Waals surface area contributed by atoms with Gasteiger partial charge in [0.05, 0.1) is 9.89 Å². The van der Waals surface area contributed by atoms with Gasteiger partial charge in [-0.1, -0.05) is 0 Å². The Hall–Kier alpha value is 0.0500. The molecule has 0 radical (unpaired) electrons. The molecule has 0 spiro atoms. The molecule has 0 saturated carbocycles. The lowest BCUT2D eigenvalue weighted by molar-refractivity contribution is 0.105. The van der Waals surface area contributed by atoms with Crippen molar-refractivity contribution in [2.45, 2.75) is 29.6 Å². The number of halogens is 1. The molecule has 1 aromatic rings. The minimum Gasteiger partial charge on any atom is -0.378 e. The summed E-state index contributed by atoms with van der Waals surface area (Å²) in [6.45, 7) is 1.23. The maximum Gasteiger partial charge on any atom is 0.250 e. The van der Waals surface area contributed by atoms with Gasteiger partial charge < -0.3 is 4.74 Å². The van der Waals surface area contributed by atoms with E-state index in [-0.39, 0.29) is 6.10 Å². The molecule has 1 aliphatic rings. The molecule has 4 nitrogen and oxygen atoms in total. The van der Waals surface area contributed by atoms with E-state index in [1.54, 1.807) is 12.1 Å². The summed E-state index contributed by atoms with van der Waals surface area (Å²) >= 11 is 4.47. The van der Waals surface area contributed by atoms with Gasteiger partial charge in [-0.25, -0.2) is 13.1 Å². The number of rotatable bonds is 5. The van der Waals surface area contributed by atoms with Gasteiger partial charge in [-0.2, -0.15) is 0 Å². The first kappa shape index (κ1) is 13.5. The molecule has 1 atom stereocenters. The van der Waals surface area contributed by atoms with Crippen molar-refractivity contribution in [2.75, 3.05) is 13.2 Å². The van der Waals surface area contributed by atoms with E-state index in [4.69, 9.17) is 4.74 Å². The molecule has 0 unspecified atom stereocenters. The Balaban J connectivity index is 1.85. The van der Waals surface area contributed by atoms with Crippen molar-refractivity contribution in [3.63, 3.8) is 0 Å². The topological polar surface area (TPSA) is 55.4 Å². The Morgan fingerprint density at radius 2 is 2.35 bits per heavy atom. The Kier molecular flexibility index (Phi) is 4.59. The van der Waals surface area contributed by atoms with Crippen LogP contribution in [-0.2, 0) is 14.8 Å². The van der Waals surface area contributed by atoms with E-state index < -0.39 is 10.0 Å². The molecule has 1 saturated heterocycles. The SMILES string of the molecule is O=S(=O)(NCC[C@@H]1CCCO1)c1ccc(Br)s1. The van der Waals surface area contributed by atoms with Crippen molar-refractivity contribution in [2.24, 2.45) is 0 Å². The van der Waals surface area contributed by atoms with Crippen LogP contribution in [0.3, 0.4) is 0 Å². The van der Waals surface area contributed by atoms with Crippen LogP contribution in [0.15, 0.2) is 20.1 Å². The minimum absolute atomic E-state index is 0.216. The molecule has 17 heavy (non-hydrogen) atoms. The number of hydrogen-bond acceptors (Lipinski definition) is 4. The summed E-state index contributed by atoms with van der Waals surface area (Å²) < 4.78 is 32.9. The highest BCUT2D eigenvalue weighted by atomic mass is 79.9. The number of nitrogens with one attached hydrogen (secondary N) is 1. The molecule has 7 heteroatoms. The predicted octanol–water partition coefficient (Wildman–Crippen LogP) is 2.36. The van der Waals surface area contributed by atoms with E-state index in [0.717, 1.165) is 29.7 Å². The molecule has 0 amide bonds. The Bertz CT molecular complexity index is 466. The number of hydrogen-bond donors (Lipinski definition) is 1. The zero-order chi connectivity index (χ0) is 12.3. The molecule has 1 aromatic heterocycles. The Morgan fingerprint density at radius 3 is 2.94 bits per heavy atom. The first-order chi connectivity index (χ1) is 8.08. The highest BCUT2D eigenvalue weighted by Gasteiger charge is 2.19. The summed E-state index contributed by atoms with van der Waals surface area (Å²) in [7, 11) is -3.35. The maximum atomic E-state index is 11.9. The van der Waals surface area contributed by atoms with Gasteiger partial charge in [-0.15, -0.1) is 11.3 Å². The highest BCUT2D eigenvalue weighted by molar-refractivity contribution is 9.11. The first-order valence-electron chi connectivity index (χ1n) is 5.44. The third-order valence-electron chi connectivity index (χ3n) is 2.60. The lowest BCUT2D eigenvalue weighted by Crippen LogP contribution is -2.26. The van der Waals surface area contributed by atoms with Crippen LogP contribution in [-0.4, -0.2) is 27.7 Å². The number of sulfonamides is 1. The highest BCUT2D eigenvalue weighted by Crippen LogP contribution is 2.25. The monoisotopic (exact) mass is 339 g/mol. The summed E-state index contributed by atoms with van der Waals surface area (Å²) in [6, 6.07) is 3.34. The van der Waals surface area contributed by atoms with Crippen LogP contribution in [0.2, 0.25) is 0 Å². The molecule has 2 rings (SSSR count). The van der Waals surface area contributed by atoms with Crippen molar-refractivity contribution in [3.8, 4) is 0 Å². The summed E-state index contributed by atoms with van der Waals surface area (Å²) in [5.74, 6) is 0. The van der Waals surface area contributed by atoms with Crippen LogP contribution in [0.4, 0.5) is 0 Å². The summed E-state index contributed by atoms with van der Waals surface area (Å²) in [5.41, 5.74) is 0. The summed E-state index contributed by atoms with van der Waals surface area (Å²) in [5, 5.41) is 0. The van der Waals surface area contributed by atoms with Crippen molar-refractivity contribution in [1.29, 1.82) is 0 Å². The maximum absolute atomic E-state index is 11.9. The number of thiophene rings is 1. The third kappa shape index (κ3) is 3.75. The first-order valence-corrected chi connectivity index (χ1v) is 8.54. The quantitative estimate of drug-likeness (QED) is 0.895. The molecule has 1 N–H and O–H groups in total. The Labute approximate surface area is 114 Å². The minimum atomic E-state index is -3.35. The molecular formula is C10H14BrNO3S2. The van der Waals surface area contributed by atoms with Crippen LogP contribution in [0.25, 0.3) is 0 Å². The van der Waals surface area contributed by atoms with Gasteiger partial charge in [0.15, 0.2) is 0 Å². The molecule has 96 valence electrons. The van der Waals surface area contributed by atoms with E-state index in [9.17, 15) is 8.42 Å². The van der Waals surface area contributed by atoms with Gasteiger partial charge >= 0.3 is 0 Å². The second-order valence-corrected chi connectivity index (χ2v) is 8.34. The van der Waals surface area contributed by atoms with E-state index in [1.165, 1.54) is 11.3 Å². The van der Waals surface area contributed by atoms with Crippen LogP contribution in [0.5, 0.6) is 0 Å². The second-order valence-electron chi connectivity index (χ2n) is 3.88. The van der Waals surface area contributed by atoms with E-state index in [2.05, 4.69) is 20.7 Å². The largest absolute Gasteiger partial charge is 0.378 e. The molecule has 0 aromatic carbocycles. The average molecular weight is 340 g/mol. The zero-order valence-corrected chi connectivity index (χ0v) is 12.4. The van der Waals surface area contributed by atoms with Gasteiger partial charge in [0.2, 0.25) is 10.0 Å². The van der Waals surface area contributed by atoms with Crippen molar-refractivity contribution < 1.29 is 13.2 Å². The van der Waals surface area contributed by atoms with Crippen LogP contribution in [0.1, 0.15) is 19.3 Å². The van der Waals surface area contributed by atoms with Crippen molar-refractivity contribution in [1.82, 2.24) is 4.72 Å². The van der Waals surface area contributed by atoms with E-state index in [1.807, 2.05) is 0 Å². The van der Waals surface area contributed by atoms with Gasteiger partial charge in [-0.3, -0.25) is 0 Å². The molecule has 2 heterocycles. The smallest absolute Gasteiger partial charge is 0.250 e. The lowest BCUT2D eigenvalue weighted by atomic mass is 10.2. The van der Waals surface area contributed by atoms with Crippen molar-refractivity contribution >= 4 is 37.3 Å². The van der Waals surface area contributed by atoms with Crippen molar-refractivity contribution in [3.05, 3.63) is 15.9 Å². The summed E-state index contributed by atoms with van der Waals surface area (Å²) in [4.78, 5) is 0. The predicted molar refractivity (Wildman–Crippen MR) is 70.8 cm³/mol. The second kappa shape index (κ2) is 5.79. The fourth-order valence-electron chi connectivity index (χ4n) is 1.74. The third-order valence-corrected chi connectivity index (χ3v) is 6.17. The molecule has 1 fully saturated rings. The fourth-order valence-corrected chi connectivity index (χ4v) is 4.84. The van der Waals surface area contributed by atoms with Gasteiger partial charge in [0.25, 0.3) is 0 Å². The lowest BCUT2D eigenvalue weighted by Gasteiger charge is -2.09. The van der Waals surface area contributed by atoms with E-state index in [0.29, 0.717) is 10.8 Å². The normalized spacial score (nSPS) is 20.9. The summed E-state index contributed by atoms with van der Waals surface area (Å²) in [6.07, 6.45) is 3.07. The molecule has 0 aliphatic carbocycles. The number of ether oxygens (including phenoxy) is 1. The van der Waals surface area contributed by atoms with Gasteiger partial charge in [0, 0.05) is 13.2 Å². The van der Waals surface area contributed by atoms with E-state index >= 15 is 0 Å². The standard InChI is InChI=1S/C10H14BrNO3S2/c11-9-3-4-10(16-9)17(13,14)12-6-5-8-2-1-7-15-8/h3-4,8,12H,1-2,5-7H2/t8-/m0/s1. The van der Waals surface area contributed by atoms with Crippen LogP contribution < -0.4 is 4.72 Å². The average Bonchev–Trinajstić information content (AvgIpc) is 2.89.